The molecule has 5 heteroatoms. The monoisotopic (exact) mass is 754 g/mol. The Hall–Kier alpha value is -7.47. The summed E-state index contributed by atoms with van der Waals surface area (Å²) in [7, 11) is 0. The van der Waals surface area contributed by atoms with Crippen molar-refractivity contribution in [1.29, 1.82) is 0 Å². The van der Waals surface area contributed by atoms with Crippen molar-refractivity contribution in [2.45, 2.75) is 0 Å². The first-order valence-corrected chi connectivity index (χ1v) is 20.4. The van der Waals surface area contributed by atoms with Gasteiger partial charge in [-0.05, 0) is 79.9 Å². The van der Waals surface area contributed by atoms with Crippen LogP contribution in [0.5, 0.6) is 0 Å². The molecule has 58 heavy (non-hydrogen) atoms. The zero-order valence-corrected chi connectivity index (χ0v) is 31.8. The van der Waals surface area contributed by atoms with Crippen LogP contribution >= 0.6 is 11.3 Å². The molecule has 0 saturated heterocycles. The Morgan fingerprint density at radius 1 is 0.345 bits per heavy atom. The predicted molar refractivity (Wildman–Crippen MR) is 243 cm³/mol. The van der Waals surface area contributed by atoms with Crippen molar-refractivity contribution in [3.8, 4) is 62.1 Å². The van der Waals surface area contributed by atoms with Crippen molar-refractivity contribution < 1.29 is 0 Å². The van der Waals surface area contributed by atoms with Crippen LogP contribution in [0.15, 0.2) is 182 Å². The van der Waals surface area contributed by atoms with Gasteiger partial charge in [0.2, 0.25) is 5.95 Å². The standard InChI is InChI=1S/C53H30N4S/c1-3-12-33(13-4-1)41-30-43-49-46-38(39-18-10-20-44-47(39)50-45(58-44)28-27-40(41)48(49)50)17-9-19-42(46)57(43)53-55-51(34-14-5-2-6-15-34)54-52(56-53)35-24-21-32(22-25-35)37-26-23-31-11-7-8-16-36(31)29-37/h1-30H. The van der Waals surface area contributed by atoms with Gasteiger partial charge in [0, 0.05) is 47.5 Å². The van der Waals surface area contributed by atoms with Gasteiger partial charge < -0.3 is 0 Å². The van der Waals surface area contributed by atoms with Crippen molar-refractivity contribution in [2.75, 3.05) is 0 Å². The van der Waals surface area contributed by atoms with Gasteiger partial charge >= 0.3 is 0 Å². The second-order valence-corrected chi connectivity index (χ2v) is 16.2. The maximum Gasteiger partial charge on any atom is 0.238 e. The van der Waals surface area contributed by atoms with Gasteiger partial charge in [-0.2, -0.15) is 9.97 Å². The fourth-order valence-corrected chi connectivity index (χ4v) is 10.5. The summed E-state index contributed by atoms with van der Waals surface area (Å²) >= 11 is 1.88. The van der Waals surface area contributed by atoms with Crippen molar-refractivity contribution in [3.63, 3.8) is 0 Å². The second-order valence-electron chi connectivity index (χ2n) is 15.1. The van der Waals surface area contributed by atoms with E-state index in [2.05, 4.69) is 168 Å². The maximum absolute atomic E-state index is 5.38. The van der Waals surface area contributed by atoms with Crippen molar-refractivity contribution >= 4 is 74.9 Å². The summed E-state index contributed by atoms with van der Waals surface area (Å²) in [6.45, 7) is 0. The SMILES string of the molecule is c1ccc(-c2nc(-c3ccc(-c4ccc5ccccc5c4)cc3)nc(-n3c4cccc5c4c4c6c(ccc7sc8cccc-5c8c76)c(-c5ccccc5)cc43)n2)cc1. The molecule has 0 saturated carbocycles. The molecule has 0 spiro atoms. The lowest BCUT2D eigenvalue weighted by Gasteiger charge is -2.14. The first-order valence-electron chi connectivity index (χ1n) is 19.6. The molecular weight excluding hydrogens is 725 g/mol. The number of rotatable bonds is 5. The number of hydrogen-bond donors (Lipinski definition) is 0. The number of aromatic nitrogens is 4. The third-order valence-electron chi connectivity index (χ3n) is 12.0. The van der Waals surface area contributed by atoms with E-state index in [9.17, 15) is 0 Å². The molecular formula is C53H30N4S. The Morgan fingerprint density at radius 2 is 0.983 bits per heavy atom. The molecule has 1 aliphatic rings. The maximum atomic E-state index is 5.38. The second kappa shape index (κ2) is 12.0. The third kappa shape index (κ3) is 4.53. The minimum absolute atomic E-state index is 0.592. The van der Waals surface area contributed by atoms with Crippen LogP contribution in [0, 0.1) is 0 Å². The first-order chi connectivity index (χ1) is 28.7. The molecule has 0 atom stereocenters. The largest absolute Gasteiger partial charge is 0.278 e. The fourth-order valence-electron chi connectivity index (χ4n) is 9.37. The smallest absolute Gasteiger partial charge is 0.238 e. The van der Waals surface area contributed by atoms with E-state index in [-0.39, 0.29) is 0 Å². The van der Waals surface area contributed by atoms with Gasteiger partial charge in [0.25, 0.3) is 0 Å². The number of thiophene rings is 1. The summed E-state index contributed by atoms with van der Waals surface area (Å²) in [6.07, 6.45) is 0. The van der Waals surface area contributed by atoms with Crippen LogP contribution in [0.2, 0.25) is 0 Å². The van der Waals surface area contributed by atoms with Crippen molar-refractivity contribution in [3.05, 3.63) is 182 Å². The van der Waals surface area contributed by atoms with Gasteiger partial charge in [0.15, 0.2) is 11.6 Å². The van der Waals surface area contributed by atoms with E-state index < -0.39 is 0 Å². The van der Waals surface area contributed by atoms with Crippen LogP contribution in [0.4, 0.5) is 0 Å². The van der Waals surface area contributed by atoms with Crippen LogP contribution in [-0.4, -0.2) is 19.5 Å². The molecule has 9 aromatic carbocycles. The van der Waals surface area contributed by atoms with Crippen LogP contribution in [-0.2, 0) is 0 Å². The molecule has 4 nitrogen and oxygen atoms in total. The molecule has 0 fully saturated rings. The predicted octanol–water partition coefficient (Wildman–Crippen LogP) is 14.3. The Kier molecular flexibility index (Phi) is 6.57. The average Bonchev–Trinajstić information content (AvgIpc) is 3.81. The molecule has 13 rings (SSSR count). The molecule has 0 N–H and O–H groups in total. The highest BCUT2D eigenvalue weighted by Crippen LogP contribution is 2.53. The van der Waals surface area contributed by atoms with Crippen molar-refractivity contribution in [2.24, 2.45) is 0 Å². The van der Waals surface area contributed by atoms with Crippen LogP contribution in [0.3, 0.4) is 0 Å². The lowest BCUT2D eigenvalue weighted by molar-refractivity contribution is 0.954. The van der Waals surface area contributed by atoms with Crippen LogP contribution < -0.4 is 0 Å². The summed E-state index contributed by atoms with van der Waals surface area (Å²) in [5, 5.41) is 10.2. The number of hydrogen-bond acceptors (Lipinski definition) is 4. The summed E-state index contributed by atoms with van der Waals surface area (Å²) in [4.78, 5) is 15.9. The van der Waals surface area contributed by atoms with Crippen LogP contribution in [0.25, 0.3) is 126 Å². The number of fused-ring (bicyclic) bond motifs is 2. The Labute approximate surface area is 337 Å². The van der Waals surface area contributed by atoms with E-state index in [0.717, 1.165) is 27.7 Å². The van der Waals surface area contributed by atoms with Gasteiger partial charge in [-0.1, -0.05) is 152 Å². The topological polar surface area (TPSA) is 43.6 Å². The fraction of sp³-hybridized carbons (Fsp3) is 0. The summed E-state index contributed by atoms with van der Waals surface area (Å²) in [5.41, 5.74) is 11.2. The third-order valence-corrected chi connectivity index (χ3v) is 13.1. The minimum atomic E-state index is 0.592. The van der Waals surface area contributed by atoms with E-state index in [0.29, 0.717) is 17.6 Å². The lowest BCUT2D eigenvalue weighted by Crippen LogP contribution is -2.06. The Bertz CT molecular complexity index is 3660. The molecule has 0 aliphatic heterocycles. The number of nitrogens with zero attached hydrogens (tertiary/aromatic N) is 4. The highest BCUT2D eigenvalue weighted by Gasteiger charge is 2.28. The quantitative estimate of drug-likeness (QED) is 0.176. The van der Waals surface area contributed by atoms with E-state index in [1.807, 2.05) is 29.5 Å². The van der Waals surface area contributed by atoms with E-state index in [1.165, 1.54) is 80.3 Å². The lowest BCUT2D eigenvalue weighted by atomic mass is 9.93. The van der Waals surface area contributed by atoms with Crippen LogP contribution in [0.1, 0.15) is 0 Å². The Morgan fingerprint density at radius 3 is 1.78 bits per heavy atom. The average molecular weight is 755 g/mol. The minimum Gasteiger partial charge on any atom is -0.278 e. The normalized spacial score (nSPS) is 12.1. The van der Waals surface area contributed by atoms with E-state index in [4.69, 9.17) is 15.0 Å². The molecule has 268 valence electrons. The first kappa shape index (κ1) is 31.7. The van der Waals surface area contributed by atoms with Gasteiger partial charge in [-0.3, -0.25) is 4.57 Å². The number of benzene rings is 9. The molecule has 0 bridgehead atoms. The molecule has 1 aliphatic carbocycles. The Balaban J connectivity index is 1.11. The molecule has 3 heterocycles. The molecule has 0 radical (unpaired) electrons. The highest BCUT2D eigenvalue weighted by molar-refractivity contribution is 7.26. The van der Waals surface area contributed by atoms with Gasteiger partial charge in [-0.15, -0.1) is 11.3 Å². The van der Waals surface area contributed by atoms with Gasteiger partial charge in [-0.25, -0.2) is 4.98 Å². The molecule has 0 unspecified atom stereocenters. The molecule has 0 amide bonds. The summed E-state index contributed by atoms with van der Waals surface area (Å²) in [5.74, 6) is 1.85. The summed E-state index contributed by atoms with van der Waals surface area (Å²) < 4.78 is 4.91. The van der Waals surface area contributed by atoms with E-state index >= 15 is 0 Å². The highest BCUT2D eigenvalue weighted by atomic mass is 32.1. The zero-order chi connectivity index (χ0) is 37.9. The van der Waals surface area contributed by atoms with Crippen molar-refractivity contribution in [1.82, 2.24) is 19.5 Å². The zero-order valence-electron chi connectivity index (χ0n) is 31.0. The van der Waals surface area contributed by atoms with E-state index in [1.54, 1.807) is 0 Å². The molecule has 3 aromatic heterocycles. The van der Waals surface area contributed by atoms with Gasteiger partial charge in [0.05, 0.1) is 11.0 Å². The van der Waals surface area contributed by atoms with Gasteiger partial charge in [0.1, 0.15) is 0 Å². The molecule has 12 aromatic rings. The summed E-state index contributed by atoms with van der Waals surface area (Å²) in [6, 6.07) is 65.3.